The average molecular weight is 96.1 g/mol. The van der Waals surface area contributed by atoms with Crippen LogP contribution in [0.2, 0.25) is 0 Å². The Morgan fingerprint density at radius 1 is 1.86 bits per heavy atom. The molecule has 0 aliphatic heterocycles. The van der Waals surface area contributed by atoms with Crippen LogP contribution in [0.15, 0.2) is 12.3 Å². The quantitative estimate of drug-likeness (QED) is 0.407. The highest BCUT2D eigenvalue weighted by atomic mass is 16.3. The third-order valence-corrected chi connectivity index (χ3v) is 0.558. The van der Waals surface area contributed by atoms with Crippen LogP contribution in [0.1, 0.15) is 12.8 Å². The topological polar surface area (TPSA) is 20.2 Å². The maximum atomic E-state index is 8.39. The van der Waals surface area contributed by atoms with E-state index in [1.54, 1.807) is 0 Å². The molecular weight excluding hydrogens is 88.1 g/mol. The highest BCUT2D eigenvalue weighted by Crippen LogP contribution is 1.93. The number of allylic oxidation sites excluding steroid dienone is 1. The van der Waals surface area contributed by atoms with Gasteiger partial charge in [0.05, 0.1) is 5.76 Å². The van der Waals surface area contributed by atoms with E-state index in [2.05, 4.69) is 12.5 Å². The van der Waals surface area contributed by atoms with Gasteiger partial charge in [-0.1, -0.05) is 6.58 Å². The monoisotopic (exact) mass is 96.1 g/mol. The lowest BCUT2D eigenvalue weighted by Gasteiger charge is -1.86. The molecule has 1 nitrogen and oxygen atoms in total. The molecule has 0 unspecified atom stereocenters. The third kappa shape index (κ3) is 5.10. The van der Waals surface area contributed by atoms with Crippen molar-refractivity contribution in [1.82, 2.24) is 0 Å². The molecule has 0 fully saturated rings. The van der Waals surface area contributed by atoms with E-state index in [0.717, 1.165) is 0 Å². The highest BCUT2D eigenvalue weighted by molar-refractivity contribution is 4.90. The first-order valence-electron chi connectivity index (χ1n) is 2.07. The Morgan fingerprint density at radius 2 is 2.43 bits per heavy atom. The molecule has 7 heavy (non-hydrogen) atoms. The minimum absolute atomic E-state index is 0.165. The van der Waals surface area contributed by atoms with Gasteiger partial charge in [-0.15, -0.1) is 12.3 Å². The second kappa shape index (κ2) is 3.30. The fourth-order valence-electron chi connectivity index (χ4n) is 0.216. The lowest BCUT2D eigenvalue weighted by Crippen LogP contribution is -1.73. The molecule has 1 heteroatoms. The maximum absolute atomic E-state index is 8.39. The molecule has 0 aromatic heterocycles. The SMILES string of the molecule is C#CCCC(=C)O. The van der Waals surface area contributed by atoms with Gasteiger partial charge >= 0.3 is 0 Å². The predicted molar refractivity (Wildman–Crippen MR) is 29.8 cm³/mol. The van der Waals surface area contributed by atoms with Crippen LogP contribution in [0, 0.1) is 12.3 Å². The van der Waals surface area contributed by atoms with Crippen LogP contribution in [-0.4, -0.2) is 5.11 Å². The van der Waals surface area contributed by atoms with Crippen molar-refractivity contribution in [1.29, 1.82) is 0 Å². The van der Waals surface area contributed by atoms with Crippen molar-refractivity contribution in [2.24, 2.45) is 0 Å². The summed E-state index contributed by atoms with van der Waals surface area (Å²) in [5.41, 5.74) is 0. The van der Waals surface area contributed by atoms with Gasteiger partial charge in [0.25, 0.3) is 0 Å². The molecule has 0 saturated carbocycles. The second-order valence-electron chi connectivity index (χ2n) is 1.27. The summed E-state index contributed by atoms with van der Waals surface area (Å²) in [7, 11) is 0. The molecule has 0 aromatic rings. The molecule has 0 aliphatic rings. The minimum atomic E-state index is 0.165. The van der Waals surface area contributed by atoms with Gasteiger partial charge in [0.1, 0.15) is 0 Å². The van der Waals surface area contributed by atoms with Gasteiger partial charge < -0.3 is 5.11 Å². The lowest BCUT2D eigenvalue weighted by atomic mass is 10.3. The van der Waals surface area contributed by atoms with Crippen LogP contribution < -0.4 is 0 Å². The summed E-state index contributed by atoms with van der Waals surface area (Å²) in [6.45, 7) is 3.25. The number of terminal acetylenes is 1. The molecule has 0 atom stereocenters. The molecule has 0 saturated heterocycles. The maximum Gasteiger partial charge on any atom is 0.0860 e. The first-order chi connectivity index (χ1) is 3.27. The van der Waals surface area contributed by atoms with E-state index in [1.807, 2.05) is 0 Å². The Labute approximate surface area is 43.7 Å². The number of aliphatic hydroxyl groups excluding tert-OH is 1. The number of aliphatic hydroxyl groups is 1. The number of hydrogen-bond donors (Lipinski definition) is 1. The molecule has 0 amide bonds. The van der Waals surface area contributed by atoms with Crippen LogP contribution in [0.4, 0.5) is 0 Å². The van der Waals surface area contributed by atoms with E-state index in [4.69, 9.17) is 11.5 Å². The fourth-order valence-corrected chi connectivity index (χ4v) is 0.216. The minimum Gasteiger partial charge on any atom is -0.513 e. The standard InChI is InChI=1S/C6H8O/c1-3-4-5-6(2)7/h1,7H,2,4-5H2. The second-order valence-corrected chi connectivity index (χ2v) is 1.27. The largest absolute Gasteiger partial charge is 0.513 e. The normalized spacial score (nSPS) is 7.29. The van der Waals surface area contributed by atoms with Crippen molar-refractivity contribution in [3.8, 4) is 12.3 Å². The number of rotatable bonds is 2. The average Bonchev–Trinajstić information content (AvgIpc) is 1.61. The van der Waals surface area contributed by atoms with Crippen LogP contribution in [0.3, 0.4) is 0 Å². The first kappa shape index (κ1) is 6.10. The Kier molecular flexibility index (Phi) is 2.87. The Morgan fingerprint density at radius 3 is 2.57 bits per heavy atom. The van der Waals surface area contributed by atoms with Crippen LogP contribution in [-0.2, 0) is 0 Å². The fraction of sp³-hybridized carbons (Fsp3) is 0.333. The van der Waals surface area contributed by atoms with Crippen LogP contribution in [0.5, 0.6) is 0 Å². The summed E-state index contributed by atoms with van der Waals surface area (Å²) in [6.07, 6.45) is 5.98. The van der Waals surface area contributed by atoms with Gasteiger partial charge in [0.15, 0.2) is 0 Å². The Bertz CT molecular complexity index is 97.2. The lowest BCUT2D eigenvalue weighted by molar-refractivity contribution is 0.393. The van der Waals surface area contributed by atoms with E-state index in [-0.39, 0.29) is 5.76 Å². The molecule has 0 radical (unpaired) electrons. The molecule has 0 aromatic carbocycles. The van der Waals surface area contributed by atoms with Gasteiger partial charge in [-0.05, 0) is 0 Å². The van der Waals surface area contributed by atoms with Crippen molar-refractivity contribution in [2.45, 2.75) is 12.8 Å². The Hall–Kier alpha value is -0.900. The zero-order chi connectivity index (χ0) is 5.70. The predicted octanol–water partition coefficient (Wildman–Crippen LogP) is 1.47. The Balaban J connectivity index is 3.02. The van der Waals surface area contributed by atoms with Crippen molar-refractivity contribution in [3.05, 3.63) is 12.3 Å². The van der Waals surface area contributed by atoms with Gasteiger partial charge in [0.2, 0.25) is 0 Å². The van der Waals surface area contributed by atoms with E-state index in [9.17, 15) is 0 Å². The van der Waals surface area contributed by atoms with Gasteiger partial charge in [-0.25, -0.2) is 0 Å². The van der Waals surface area contributed by atoms with Gasteiger partial charge in [-0.2, -0.15) is 0 Å². The first-order valence-corrected chi connectivity index (χ1v) is 2.07. The molecule has 38 valence electrons. The van der Waals surface area contributed by atoms with E-state index >= 15 is 0 Å². The van der Waals surface area contributed by atoms with Crippen LogP contribution >= 0.6 is 0 Å². The van der Waals surface area contributed by atoms with Crippen molar-refractivity contribution in [2.75, 3.05) is 0 Å². The van der Waals surface area contributed by atoms with E-state index in [0.29, 0.717) is 12.8 Å². The molecule has 0 bridgehead atoms. The molecule has 0 heterocycles. The zero-order valence-electron chi connectivity index (χ0n) is 4.15. The summed E-state index contributed by atoms with van der Waals surface area (Å²) in [6, 6.07) is 0. The van der Waals surface area contributed by atoms with Gasteiger partial charge in [-0.3, -0.25) is 0 Å². The number of hydrogen-bond acceptors (Lipinski definition) is 1. The summed E-state index contributed by atoms with van der Waals surface area (Å²) < 4.78 is 0. The molecule has 0 aliphatic carbocycles. The van der Waals surface area contributed by atoms with E-state index in [1.165, 1.54) is 0 Å². The highest BCUT2D eigenvalue weighted by Gasteiger charge is 1.81. The van der Waals surface area contributed by atoms with Crippen molar-refractivity contribution in [3.63, 3.8) is 0 Å². The van der Waals surface area contributed by atoms with Crippen molar-refractivity contribution < 1.29 is 5.11 Å². The summed E-state index contributed by atoms with van der Waals surface area (Å²) >= 11 is 0. The molecule has 0 rings (SSSR count). The smallest absolute Gasteiger partial charge is 0.0860 e. The van der Waals surface area contributed by atoms with Crippen LogP contribution in [0.25, 0.3) is 0 Å². The molecule has 0 spiro atoms. The van der Waals surface area contributed by atoms with Crippen molar-refractivity contribution >= 4 is 0 Å². The molecular formula is C6H8O. The summed E-state index contributed by atoms with van der Waals surface area (Å²) in [4.78, 5) is 0. The summed E-state index contributed by atoms with van der Waals surface area (Å²) in [5.74, 6) is 2.54. The van der Waals surface area contributed by atoms with Gasteiger partial charge in [0, 0.05) is 12.8 Å². The zero-order valence-corrected chi connectivity index (χ0v) is 4.15. The summed E-state index contributed by atoms with van der Waals surface area (Å²) in [5, 5.41) is 8.39. The third-order valence-electron chi connectivity index (χ3n) is 0.558. The van der Waals surface area contributed by atoms with E-state index < -0.39 is 0 Å². The molecule has 1 N–H and O–H groups in total.